The molecule has 64 valence electrons. The number of hydrogen-bond acceptors (Lipinski definition) is 3. The fourth-order valence-corrected chi connectivity index (χ4v) is 1.55. The third-order valence-corrected chi connectivity index (χ3v) is 2.16. The zero-order valence-corrected chi connectivity index (χ0v) is 6.62. The molecule has 3 N–H and O–H groups in total. The SMILES string of the molecule is OC1(O)NCCc2ccccc21. The van der Waals surface area contributed by atoms with Gasteiger partial charge in [-0.05, 0) is 12.0 Å². The third kappa shape index (κ3) is 1.12. The zero-order valence-electron chi connectivity index (χ0n) is 6.62. The molecular formula is C9H11NO2. The summed E-state index contributed by atoms with van der Waals surface area (Å²) in [5.74, 6) is -1.84. The molecule has 0 spiro atoms. The Bertz CT molecular complexity index is 296. The minimum atomic E-state index is -1.84. The number of aliphatic hydroxyl groups is 2. The van der Waals surface area contributed by atoms with E-state index in [1.807, 2.05) is 12.1 Å². The van der Waals surface area contributed by atoms with Crippen molar-refractivity contribution in [1.82, 2.24) is 5.32 Å². The smallest absolute Gasteiger partial charge is 0.251 e. The zero-order chi connectivity index (χ0) is 8.60. The van der Waals surface area contributed by atoms with Gasteiger partial charge in [-0.15, -0.1) is 0 Å². The Kier molecular flexibility index (Phi) is 1.65. The van der Waals surface area contributed by atoms with Crippen LogP contribution in [-0.2, 0) is 12.3 Å². The van der Waals surface area contributed by atoms with Gasteiger partial charge in [0, 0.05) is 12.1 Å². The lowest BCUT2D eigenvalue weighted by Gasteiger charge is -2.30. The molecule has 3 nitrogen and oxygen atoms in total. The average molecular weight is 165 g/mol. The normalized spacial score (nSPS) is 20.2. The molecule has 0 saturated carbocycles. The van der Waals surface area contributed by atoms with E-state index in [2.05, 4.69) is 5.32 Å². The fraction of sp³-hybridized carbons (Fsp3) is 0.333. The second-order valence-corrected chi connectivity index (χ2v) is 3.01. The summed E-state index contributed by atoms with van der Waals surface area (Å²) in [6, 6.07) is 7.34. The Balaban J connectivity index is 2.52. The highest BCUT2D eigenvalue weighted by Gasteiger charge is 2.30. The van der Waals surface area contributed by atoms with Gasteiger partial charge < -0.3 is 10.2 Å². The first kappa shape index (κ1) is 7.73. The van der Waals surface area contributed by atoms with Crippen molar-refractivity contribution in [2.45, 2.75) is 12.3 Å². The molecule has 0 fully saturated rings. The first-order chi connectivity index (χ1) is 5.70. The van der Waals surface area contributed by atoms with Crippen molar-refractivity contribution in [3.8, 4) is 0 Å². The van der Waals surface area contributed by atoms with Gasteiger partial charge in [0.2, 0.25) is 0 Å². The largest absolute Gasteiger partial charge is 0.350 e. The summed E-state index contributed by atoms with van der Waals surface area (Å²) >= 11 is 0. The van der Waals surface area contributed by atoms with Crippen LogP contribution in [0.5, 0.6) is 0 Å². The van der Waals surface area contributed by atoms with Gasteiger partial charge in [-0.25, -0.2) is 0 Å². The number of benzene rings is 1. The molecule has 0 radical (unpaired) electrons. The predicted molar refractivity (Wildman–Crippen MR) is 44.3 cm³/mol. The number of rotatable bonds is 0. The lowest BCUT2D eigenvalue weighted by Crippen LogP contribution is -2.47. The molecule has 0 aromatic heterocycles. The standard InChI is InChI=1S/C9H11NO2/c11-9(12)8-4-2-1-3-7(8)5-6-10-9/h1-4,10-12H,5-6H2. The van der Waals surface area contributed by atoms with Crippen molar-refractivity contribution in [3.05, 3.63) is 35.4 Å². The van der Waals surface area contributed by atoms with Gasteiger partial charge in [0.05, 0.1) is 0 Å². The molecule has 0 unspecified atom stereocenters. The van der Waals surface area contributed by atoms with Gasteiger partial charge in [-0.2, -0.15) is 0 Å². The van der Waals surface area contributed by atoms with Gasteiger partial charge in [-0.3, -0.25) is 5.32 Å². The number of fused-ring (bicyclic) bond motifs is 1. The van der Waals surface area contributed by atoms with Gasteiger partial charge in [0.25, 0.3) is 5.91 Å². The molecule has 0 atom stereocenters. The van der Waals surface area contributed by atoms with Gasteiger partial charge in [-0.1, -0.05) is 24.3 Å². The van der Waals surface area contributed by atoms with E-state index in [1.165, 1.54) is 0 Å². The second kappa shape index (κ2) is 2.55. The van der Waals surface area contributed by atoms with Crippen LogP contribution in [0.25, 0.3) is 0 Å². The molecule has 3 heteroatoms. The Labute approximate surface area is 70.7 Å². The van der Waals surface area contributed by atoms with Crippen LogP contribution >= 0.6 is 0 Å². The maximum Gasteiger partial charge on any atom is 0.251 e. The van der Waals surface area contributed by atoms with Crippen molar-refractivity contribution in [3.63, 3.8) is 0 Å². The average Bonchev–Trinajstić information content (AvgIpc) is 2.04. The fourth-order valence-electron chi connectivity index (χ4n) is 1.55. The second-order valence-electron chi connectivity index (χ2n) is 3.01. The van der Waals surface area contributed by atoms with Crippen molar-refractivity contribution < 1.29 is 10.2 Å². The molecule has 12 heavy (non-hydrogen) atoms. The highest BCUT2D eigenvalue weighted by Crippen LogP contribution is 2.23. The molecule has 0 aliphatic carbocycles. The van der Waals surface area contributed by atoms with Crippen LogP contribution < -0.4 is 5.32 Å². The molecule has 1 aromatic rings. The van der Waals surface area contributed by atoms with E-state index in [-0.39, 0.29) is 0 Å². The monoisotopic (exact) mass is 165 g/mol. The summed E-state index contributed by atoms with van der Waals surface area (Å²) in [6.45, 7) is 0.601. The van der Waals surface area contributed by atoms with Crippen LogP contribution in [0.15, 0.2) is 24.3 Å². The summed E-state index contributed by atoms with van der Waals surface area (Å²) in [7, 11) is 0. The summed E-state index contributed by atoms with van der Waals surface area (Å²) < 4.78 is 0. The Morgan fingerprint density at radius 2 is 2.00 bits per heavy atom. The van der Waals surface area contributed by atoms with Crippen LogP contribution in [0.4, 0.5) is 0 Å². The topological polar surface area (TPSA) is 52.5 Å². The molecule has 1 heterocycles. The van der Waals surface area contributed by atoms with Crippen LogP contribution in [0.1, 0.15) is 11.1 Å². The lowest BCUT2D eigenvalue weighted by atomic mass is 9.98. The first-order valence-electron chi connectivity index (χ1n) is 3.98. The molecule has 1 aliphatic heterocycles. The van der Waals surface area contributed by atoms with E-state index in [9.17, 15) is 10.2 Å². The van der Waals surface area contributed by atoms with Gasteiger partial charge in [0.1, 0.15) is 0 Å². The summed E-state index contributed by atoms with van der Waals surface area (Å²) in [5.41, 5.74) is 1.57. The minimum Gasteiger partial charge on any atom is -0.350 e. The van der Waals surface area contributed by atoms with E-state index in [4.69, 9.17) is 0 Å². The molecule has 1 aliphatic rings. The maximum absolute atomic E-state index is 9.47. The predicted octanol–water partition coefficient (Wildman–Crippen LogP) is -0.0728. The van der Waals surface area contributed by atoms with Crippen LogP contribution in [0.2, 0.25) is 0 Å². The lowest BCUT2D eigenvalue weighted by molar-refractivity contribution is -0.198. The molecule has 1 aromatic carbocycles. The number of nitrogens with one attached hydrogen (secondary N) is 1. The molecular weight excluding hydrogens is 154 g/mol. The highest BCUT2D eigenvalue weighted by molar-refractivity contribution is 5.32. The van der Waals surface area contributed by atoms with Gasteiger partial charge in [0.15, 0.2) is 0 Å². The molecule has 0 amide bonds. The highest BCUT2D eigenvalue weighted by atomic mass is 16.5. The Hall–Kier alpha value is -0.900. The molecule has 0 bridgehead atoms. The van der Waals surface area contributed by atoms with Crippen LogP contribution in [0.3, 0.4) is 0 Å². The Morgan fingerprint density at radius 1 is 1.25 bits per heavy atom. The molecule has 2 rings (SSSR count). The van der Waals surface area contributed by atoms with E-state index in [0.717, 1.165) is 12.0 Å². The van der Waals surface area contributed by atoms with Gasteiger partial charge >= 0.3 is 0 Å². The summed E-state index contributed by atoms with van der Waals surface area (Å²) in [5, 5.41) is 21.6. The quantitative estimate of drug-likeness (QED) is 0.471. The van der Waals surface area contributed by atoms with Crippen molar-refractivity contribution in [1.29, 1.82) is 0 Å². The van der Waals surface area contributed by atoms with Crippen molar-refractivity contribution in [2.75, 3.05) is 6.54 Å². The van der Waals surface area contributed by atoms with Crippen molar-refractivity contribution >= 4 is 0 Å². The van der Waals surface area contributed by atoms with E-state index in [1.54, 1.807) is 12.1 Å². The van der Waals surface area contributed by atoms with E-state index < -0.39 is 5.91 Å². The Morgan fingerprint density at radius 3 is 2.75 bits per heavy atom. The summed E-state index contributed by atoms with van der Waals surface area (Å²) in [4.78, 5) is 0. The third-order valence-electron chi connectivity index (χ3n) is 2.16. The number of hydrogen-bond donors (Lipinski definition) is 3. The van der Waals surface area contributed by atoms with E-state index in [0.29, 0.717) is 12.1 Å². The molecule has 0 saturated heterocycles. The van der Waals surface area contributed by atoms with Crippen LogP contribution in [-0.4, -0.2) is 16.8 Å². The maximum atomic E-state index is 9.47. The van der Waals surface area contributed by atoms with Crippen molar-refractivity contribution in [2.24, 2.45) is 0 Å². The van der Waals surface area contributed by atoms with Crippen LogP contribution in [0, 0.1) is 0 Å². The first-order valence-corrected chi connectivity index (χ1v) is 3.98. The van der Waals surface area contributed by atoms with E-state index >= 15 is 0 Å². The summed E-state index contributed by atoms with van der Waals surface area (Å²) in [6.07, 6.45) is 0.846. The minimum absolute atomic E-state index is 0.566.